The van der Waals surface area contributed by atoms with E-state index in [4.69, 9.17) is 32.7 Å². The van der Waals surface area contributed by atoms with E-state index in [0.717, 1.165) is 0 Å². The maximum absolute atomic E-state index is 12.5. The van der Waals surface area contributed by atoms with Gasteiger partial charge in [0.1, 0.15) is 11.5 Å². The first-order valence-electron chi connectivity index (χ1n) is 8.91. The standard InChI is InChI=1S/C21H18Cl2N2O5S/c1-29-16-5-2-14(3-6-16)25-31(27,28)18-9-7-17(8-10-18)30-13-21(26)24-15-4-11-19(22)20(23)12-15/h2-12,25H,13H2,1H3,(H,24,26). The number of hydrogen-bond acceptors (Lipinski definition) is 5. The van der Waals surface area contributed by atoms with E-state index in [9.17, 15) is 13.2 Å². The van der Waals surface area contributed by atoms with Crippen LogP contribution in [0.25, 0.3) is 0 Å². The average molecular weight is 481 g/mol. The lowest BCUT2D eigenvalue weighted by atomic mass is 10.3. The van der Waals surface area contributed by atoms with Crippen molar-refractivity contribution in [2.24, 2.45) is 0 Å². The van der Waals surface area contributed by atoms with Crippen LogP contribution in [0.15, 0.2) is 71.6 Å². The molecule has 0 aromatic heterocycles. The number of ether oxygens (including phenoxy) is 2. The molecule has 0 saturated heterocycles. The Balaban J connectivity index is 1.57. The lowest BCUT2D eigenvalue weighted by Gasteiger charge is -2.10. The average Bonchev–Trinajstić information content (AvgIpc) is 2.75. The monoisotopic (exact) mass is 480 g/mol. The minimum atomic E-state index is -3.78. The third-order valence-electron chi connectivity index (χ3n) is 4.05. The van der Waals surface area contributed by atoms with Crippen LogP contribution in [0.4, 0.5) is 11.4 Å². The molecule has 0 fully saturated rings. The third-order valence-corrected chi connectivity index (χ3v) is 6.19. The van der Waals surface area contributed by atoms with Gasteiger partial charge in [0.2, 0.25) is 0 Å². The molecule has 3 rings (SSSR count). The van der Waals surface area contributed by atoms with E-state index in [1.807, 2.05) is 0 Å². The minimum absolute atomic E-state index is 0.0518. The Morgan fingerprint density at radius 3 is 2.10 bits per heavy atom. The second kappa shape index (κ2) is 9.91. The highest BCUT2D eigenvalue weighted by molar-refractivity contribution is 7.92. The molecular formula is C21H18Cl2N2O5S. The molecule has 31 heavy (non-hydrogen) atoms. The molecule has 0 bridgehead atoms. The molecule has 0 aliphatic heterocycles. The molecule has 0 aliphatic carbocycles. The molecule has 3 aromatic rings. The van der Waals surface area contributed by atoms with Gasteiger partial charge >= 0.3 is 0 Å². The zero-order chi connectivity index (χ0) is 22.4. The van der Waals surface area contributed by atoms with E-state index >= 15 is 0 Å². The molecule has 0 heterocycles. The molecule has 0 atom stereocenters. The van der Waals surface area contributed by atoms with Crippen molar-refractivity contribution in [1.82, 2.24) is 0 Å². The maximum Gasteiger partial charge on any atom is 0.262 e. The van der Waals surface area contributed by atoms with Crippen LogP contribution in [0.2, 0.25) is 10.0 Å². The van der Waals surface area contributed by atoms with Crippen molar-refractivity contribution in [1.29, 1.82) is 0 Å². The van der Waals surface area contributed by atoms with Gasteiger partial charge in [-0.2, -0.15) is 0 Å². The van der Waals surface area contributed by atoms with Crippen LogP contribution >= 0.6 is 23.2 Å². The summed E-state index contributed by atoms with van der Waals surface area (Å²) in [6.45, 7) is -0.267. The Hall–Kier alpha value is -2.94. The first-order chi connectivity index (χ1) is 14.8. The van der Waals surface area contributed by atoms with Crippen molar-refractivity contribution in [3.8, 4) is 11.5 Å². The third kappa shape index (κ3) is 6.27. The number of benzene rings is 3. The molecule has 0 radical (unpaired) electrons. The van der Waals surface area contributed by atoms with Gasteiger partial charge in [-0.3, -0.25) is 9.52 Å². The van der Waals surface area contributed by atoms with Gasteiger partial charge < -0.3 is 14.8 Å². The fourth-order valence-electron chi connectivity index (χ4n) is 2.51. The van der Waals surface area contributed by atoms with E-state index in [-0.39, 0.29) is 11.5 Å². The first-order valence-corrected chi connectivity index (χ1v) is 11.2. The van der Waals surface area contributed by atoms with Crippen LogP contribution in [-0.2, 0) is 14.8 Å². The van der Waals surface area contributed by atoms with E-state index in [2.05, 4.69) is 10.0 Å². The van der Waals surface area contributed by atoms with Gasteiger partial charge in [-0.1, -0.05) is 23.2 Å². The zero-order valence-electron chi connectivity index (χ0n) is 16.3. The molecule has 0 saturated carbocycles. The molecule has 162 valence electrons. The largest absolute Gasteiger partial charge is 0.497 e. The second-order valence-electron chi connectivity index (χ2n) is 6.27. The Morgan fingerprint density at radius 1 is 0.871 bits per heavy atom. The van der Waals surface area contributed by atoms with Gasteiger partial charge in [-0.05, 0) is 66.7 Å². The van der Waals surface area contributed by atoms with Crippen LogP contribution in [0, 0.1) is 0 Å². The molecule has 0 aliphatic rings. The quantitative estimate of drug-likeness (QED) is 0.481. The summed E-state index contributed by atoms with van der Waals surface area (Å²) in [7, 11) is -2.25. The molecule has 0 spiro atoms. The van der Waals surface area contributed by atoms with Gasteiger partial charge in [-0.15, -0.1) is 0 Å². The van der Waals surface area contributed by atoms with Gasteiger partial charge in [0, 0.05) is 11.4 Å². The normalized spacial score (nSPS) is 10.9. The van der Waals surface area contributed by atoms with Crippen LogP contribution in [0.1, 0.15) is 0 Å². The number of hydrogen-bond donors (Lipinski definition) is 2. The molecular weight excluding hydrogens is 463 g/mol. The van der Waals surface area contributed by atoms with Crippen molar-refractivity contribution in [2.45, 2.75) is 4.90 Å². The Labute approximate surface area is 189 Å². The first kappa shape index (κ1) is 22.7. The summed E-state index contributed by atoms with van der Waals surface area (Å²) in [5, 5.41) is 3.33. The number of rotatable bonds is 8. The summed E-state index contributed by atoms with van der Waals surface area (Å²) < 4.78 is 38.0. The fraction of sp³-hybridized carbons (Fsp3) is 0.0952. The number of amides is 1. The fourth-order valence-corrected chi connectivity index (χ4v) is 3.86. The van der Waals surface area contributed by atoms with Crippen LogP contribution < -0.4 is 19.5 Å². The summed E-state index contributed by atoms with van der Waals surface area (Å²) in [4.78, 5) is 12.1. The predicted octanol–water partition coefficient (Wildman–Crippen LogP) is 4.82. The van der Waals surface area contributed by atoms with Gasteiger partial charge in [0.15, 0.2) is 6.61 Å². The van der Waals surface area contributed by atoms with E-state index in [0.29, 0.717) is 32.9 Å². The van der Waals surface area contributed by atoms with Crippen molar-refractivity contribution in [2.75, 3.05) is 23.8 Å². The smallest absolute Gasteiger partial charge is 0.262 e. The number of carbonyl (C=O) groups is 1. The van der Waals surface area contributed by atoms with E-state index in [1.165, 1.54) is 37.4 Å². The number of carbonyl (C=O) groups excluding carboxylic acids is 1. The molecule has 10 heteroatoms. The molecule has 0 unspecified atom stereocenters. The Bertz CT molecular complexity index is 1170. The van der Waals surface area contributed by atoms with Crippen molar-refractivity contribution < 1.29 is 22.7 Å². The lowest BCUT2D eigenvalue weighted by molar-refractivity contribution is -0.118. The number of halogens is 2. The highest BCUT2D eigenvalue weighted by atomic mass is 35.5. The topological polar surface area (TPSA) is 93.7 Å². The summed E-state index contributed by atoms with van der Waals surface area (Å²) >= 11 is 11.8. The van der Waals surface area contributed by atoms with E-state index in [1.54, 1.807) is 36.4 Å². The van der Waals surface area contributed by atoms with Crippen LogP contribution in [0.5, 0.6) is 11.5 Å². The Morgan fingerprint density at radius 2 is 1.48 bits per heavy atom. The van der Waals surface area contributed by atoms with Gasteiger partial charge in [-0.25, -0.2) is 8.42 Å². The number of methoxy groups -OCH3 is 1. The molecule has 1 amide bonds. The summed E-state index contributed by atoms with van der Waals surface area (Å²) in [6.07, 6.45) is 0. The molecule has 7 nitrogen and oxygen atoms in total. The molecule has 2 N–H and O–H groups in total. The number of sulfonamides is 1. The summed E-state index contributed by atoms with van der Waals surface area (Å²) in [5.74, 6) is 0.552. The van der Waals surface area contributed by atoms with Crippen LogP contribution in [0.3, 0.4) is 0 Å². The zero-order valence-corrected chi connectivity index (χ0v) is 18.6. The van der Waals surface area contributed by atoms with Gasteiger partial charge in [0.05, 0.1) is 22.1 Å². The minimum Gasteiger partial charge on any atom is -0.497 e. The summed E-state index contributed by atoms with van der Waals surface area (Å²) in [5.41, 5.74) is 0.883. The van der Waals surface area contributed by atoms with Crippen molar-refractivity contribution in [3.63, 3.8) is 0 Å². The highest BCUT2D eigenvalue weighted by Crippen LogP contribution is 2.25. The molecule has 3 aromatic carbocycles. The van der Waals surface area contributed by atoms with Crippen molar-refractivity contribution >= 4 is 50.5 Å². The second-order valence-corrected chi connectivity index (χ2v) is 8.77. The lowest BCUT2D eigenvalue weighted by Crippen LogP contribution is -2.20. The number of nitrogens with one attached hydrogen (secondary N) is 2. The van der Waals surface area contributed by atoms with Crippen LogP contribution in [-0.4, -0.2) is 28.0 Å². The summed E-state index contributed by atoms with van der Waals surface area (Å²) in [6, 6.07) is 16.9. The van der Waals surface area contributed by atoms with E-state index < -0.39 is 15.9 Å². The maximum atomic E-state index is 12.5. The SMILES string of the molecule is COc1ccc(NS(=O)(=O)c2ccc(OCC(=O)Nc3ccc(Cl)c(Cl)c3)cc2)cc1. The van der Waals surface area contributed by atoms with Crippen molar-refractivity contribution in [3.05, 3.63) is 76.8 Å². The predicted molar refractivity (Wildman–Crippen MR) is 121 cm³/mol. The van der Waals surface area contributed by atoms with Gasteiger partial charge in [0.25, 0.3) is 15.9 Å². The Kier molecular flexibility index (Phi) is 7.27. The number of anilines is 2. The highest BCUT2D eigenvalue weighted by Gasteiger charge is 2.14.